The normalized spacial score (nSPS) is 28.1. The van der Waals surface area contributed by atoms with E-state index in [4.69, 9.17) is 9.47 Å². The molecule has 2 aromatic carbocycles. The van der Waals surface area contributed by atoms with Crippen LogP contribution in [0.25, 0.3) is 10.1 Å². The number of nitrogens with zero attached hydrogens (tertiary/aromatic N) is 1. The fourth-order valence-corrected chi connectivity index (χ4v) is 9.21. The maximum atomic E-state index is 14.5. The Hall–Kier alpha value is -3.04. The van der Waals surface area contributed by atoms with Crippen LogP contribution in [-0.2, 0) is 15.9 Å². The van der Waals surface area contributed by atoms with Gasteiger partial charge in [-0.3, -0.25) is 4.79 Å². The zero-order chi connectivity index (χ0) is 33.2. The molecule has 2 bridgehead atoms. The number of hydrogen-bond donors (Lipinski definition) is 2. The van der Waals surface area contributed by atoms with Crippen molar-refractivity contribution in [3.8, 4) is 0 Å². The highest BCUT2D eigenvalue weighted by Gasteiger charge is 2.58. The van der Waals surface area contributed by atoms with Crippen molar-refractivity contribution in [1.82, 2.24) is 4.90 Å². The molecule has 252 valence electrons. The molecule has 5 unspecified atom stereocenters. The van der Waals surface area contributed by atoms with Crippen LogP contribution in [0, 0.1) is 5.41 Å². The monoisotopic (exact) mass is 659 g/mol. The van der Waals surface area contributed by atoms with Gasteiger partial charge in [-0.15, -0.1) is 11.3 Å². The van der Waals surface area contributed by atoms with Gasteiger partial charge in [0.2, 0.25) is 5.78 Å². The Morgan fingerprint density at radius 1 is 1.11 bits per heavy atom. The Kier molecular flexibility index (Phi) is 10.2. The first-order valence-corrected chi connectivity index (χ1v) is 18.2. The van der Waals surface area contributed by atoms with Gasteiger partial charge in [0.25, 0.3) is 0 Å². The molecule has 8 heteroatoms. The molecule has 3 aliphatic carbocycles. The van der Waals surface area contributed by atoms with Crippen LogP contribution in [-0.4, -0.2) is 71.1 Å². The molecular weight excluding hydrogens is 610 g/mol. The summed E-state index contributed by atoms with van der Waals surface area (Å²) in [5, 5.41) is 24.8. The third-order valence-electron chi connectivity index (χ3n) is 11.0. The van der Waals surface area contributed by atoms with E-state index < -0.39 is 23.2 Å². The lowest BCUT2D eigenvalue weighted by Crippen LogP contribution is -2.55. The maximum absolute atomic E-state index is 14.5. The van der Waals surface area contributed by atoms with Crippen molar-refractivity contribution in [3.63, 3.8) is 0 Å². The molecule has 1 amide bonds. The van der Waals surface area contributed by atoms with Crippen LogP contribution in [0.2, 0.25) is 0 Å². The third kappa shape index (κ3) is 7.07. The average molecular weight is 660 g/mol. The van der Waals surface area contributed by atoms with Gasteiger partial charge in [0.05, 0.1) is 42.4 Å². The molecule has 1 saturated carbocycles. The molecule has 1 aliphatic heterocycles. The molecule has 47 heavy (non-hydrogen) atoms. The Labute approximate surface area is 282 Å². The fraction of sp³-hybridized carbons (Fsp3) is 0.538. The van der Waals surface area contributed by atoms with Gasteiger partial charge < -0.3 is 24.6 Å². The van der Waals surface area contributed by atoms with Crippen molar-refractivity contribution in [2.45, 2.75) is 102 Å². The second-order valence-electron chi connectivity index (χ2n) is 14.1. The highest BCUT2D eigenvalue weighted by molar-refractivity contribution is 7.21. The van der Waals surface area contributed by atoms with Crippen LogP contribution in [0.1, 0.15) is 104 Å². The van der Waals surface area contributed by atoms with Gasteiger partial charge in [0.1, 0.15) is 0 Å². The molecule has 0 spiro atoms. The van der Waals surface area contributed by atoms with Crippen LogP contribution in [0.3, 0.4) is 0 Å². The number of aliphatic hydroxyl groups excluding tert-OH is 1. The minimum absolute atomic E-state index is 0.0234. The van der Waals surface area contributed by atoms with E-state index in [-0.39, 0.29) is 31.0 Å². The van der Waals surface area contributed by atoms with Gasteiger partial charge in [0, 0.05) is 22.3 Å². The molecule has 4 aliphatic rings. The second-order valence-corrected chi connectivity index (χ2v) is 15.2. The number of amides is 1. The van der Waals surface area contributed by atoms with Crippen LogP contribution >= 0.6 is 11.3 Å². The van der Waals surface area contributed by atoms with Crippen molar-refractivity contribution >= 4 is 33.3 Å². The molecule has 0 radical (unpaired) electrons. The summed E-state index contributed by atoms with van der Waals surface area (Å²) in [6.45, 7) is 7.53. The van der Waals surface area contributed by atoms with E-state index in [2.05, 4.69) is 32.1 Å². The van der Waals surface area contributed by atoms with Crippen molar-refractivity contribution in [3.05, 3.63) is 81.7 Å². The number of fused-ring (bicyclic) bond motifs is 9. The van der Waals surface area contributed by atoms with E-state index in [9.17, 15) is 19.8 Å². The Morgan fingerprint density at radius 3 is 2.70 bits per heavy atom. The molecule has 1 saturated heterocycles. The van der Waals surface area contributed by atoms with E-state index >= 15 is 0 Å². The summed E-state index contributed by atoms with van der Waals surface area (Å²) in [6, 6.07) is 16.1. The molecule has 1 aromatic heterocycles. The van der Waals surface area contributed by atoms with Gasteiger partial charge in [-0.2, -0.15) is 0 Å². The highest BCUT2D eigenvalue weighted by atomic mass is 32.1. The highest BCUT2D eigenvalue weighted by Crippen LogP contribution is 2.59. The van der Waals surface area contributed by atoms with Crippen LogP contribution < -0.4 is 0 Å². The Bertz CT molecular complexity index is 1590. The number of hydrogen-bond acceptors (Lipinski definition) is 7. The lowest BCUT2D eigenvalue weighted by atomic mass is 9.64. The van der Waals surface area contributed by atoms with E-state index in [1.54, 1.807) is 11.8 Å². The quantitative estimate of drug-likeness (QED) is 0.199. The third-order valence-corrected chi connectivity index (χ3v) is 12.1. The van der Waals surface area contributed by atoms with Gasteiger partial charge in [-0.25, -0.2) is 4.79 Å². The minimum Gasteiger partial charge on any atom is -0.450 e. The molecular formula is C39H49NO6S. The largest absolute Gasteiger partial charge is 0.450 e. The second kappa shape index (κ2) is 14.2. The van der Waals surface area contributed by atoms with Crippen LogP contribution in [0.15, 0.2) is 60.2 Å². The van der Waals surface area contributed by atoms with Crippen molar-refractivity contribution in [2.24, 2.45) is 5.41 Å². The minimum atomic E-state index is -1.21. The molecule has 3 aromatic rings. The van der Waals surface area contributed by atoms with Gasteiger partial charge >= 0.3 is 6.09 Å². The first-order chi connectivity index (χ1) is 22.6. The Balaban J connectivity index is 1.42. The SMILES string of the molecule is CCOC(=O)N(CC1CCCO1)CC1(O)CCC2c3ccc(cc3C(=O)c3cc4ccccc4s3)CC(O)CCC(C)=CCCC21C. The number of ether oxygens (including phenoxy) is 2. The summed E-state index contributed by atoms with van der Waals surface area (Å²) in [6.07, 6.45) is 7.59. The molecule has 2 heterocycles. The molecule has 2 N–H and O–H groups in total. The van der Waals surface area contributed by atoms with Crippen LogP contribution in [0.5, 0.6) is 0 Å². The van der Waals surface area contributed by atoms with Crippen molar-refractivity contribution in [2.75, 3.05) is 26.3 Å². The maximum Gasteiger partial charge on any atom is 0.409 e. The molecule has 7 nitrogen and oxygen atoms in total. The Morgan fingerprint density at radius 2 is 1.94 bits per heavy atom. The summed E-state index contributed by atoms with van der Waals surface area (Å²) in [4.78, 5) is 30.1. The first kappa shape index (κ1) is 33.8. The lowest BCUT2D eigenvalue weighted by Gasteiger charge is -2.46. The zero-order valence-corrected chi connectivity index (χ0v) is 28.8. The number of rotatable bonds is 7. The zero-order valence-electron chi connectivity index (χ0n) is 28.0. The number of carbonyl (C=O) groups is 2. The summed E-state index contributed by atoms with van der Waals surface area (Å²) < 4.78 is 12.5. The van der Waals surface area contributed by atoms with Crippen molar-refractivity contribution in [1.29, 1.82) is 0 Å². The summed E-state index contributed by atoms with van der Waals surface area (Å²) in [5.74, 6) is -0.145. The average Bonchev–Trinajstić information content (AvgIpc) is 3.78. The van der Waals surface area contributed by atoms with Gasteiger partial charge in [-0.1, -0.05) is 48.9 Å². The van der Waals surface area contributed by atoms with Gasteiger partial charge in [-0.05, 0) is 112 Å². The van der Waals surface area contributed by atoms with Crippen LogP contribution in [0.4, 0.5) is 4.79 Å². The predicted octanol–water partition coefficient (Wildman–Crippen LogP) is 7.81. The number of benzene rings is 2. The van der Waals surface area contributed by atoms with E-state index in [0.717, 1.165) is 46.9 Å². The van der Waals surface area contributed by atoms with Gasteiger partial charge in [0.15, 0.2) is 0 Å². The standard InChI is InChI=1S/C39H49NO6S/c1-4-45-37(43)40(24-30-11-8-20-46-30)25-39(44)19-17-33-31-16-14-27(21-29(41)15-13-26(2)9-7-18-38(33,39)3)22-32(31)36(42)35-23-28-10-5-6-12-34(28)47-35/h5-6,9-10,12,14,16,22-23,29-30,33,41,44H,4,7-8,11,13,15,17-21,24-25H2,1-3H3. The molecule has 7 rings (SSSR count). The number of aliphatic hydroxyl groups is 2. The smallest absolute Gasteiger partial charge is 0.409 e. The fourth-order valence-electron chi connectivity index (χ4n) is 8.19. The summed E-state index contributed by atoms with van der Waals surface area (Å²) in [7, 11) is 0. The number of ketones is 1. The lowest BCUT2D eigenvalue weighted by molar-refractivity contribution is -0.0851. The van der Waals surface area contributed by atoms with E-state index in [1.165, 1.54) is 16.9 Å². The number of carbonyl (C=O) groups excluding carboxylic acids is 2. The number of allylic oxidation sites excluding steroid dienone is 2. The predicted molar refractivity (Wildman–Crippen MR) is 186 cm³/mol. The molecule has 2 fully saturated rings. The topological polar surface area (TPSA) is 96.3 Å². The van der Waals surface area contributed by atoms with E-state index in [1.807, 2.05) is 36.4 Å². The summed E-state index contributed by atoms with van der Waals surface area (Å²) in [5.41, 5.74) is 1.88. The summed E-state index contributed by atoms with van der Waals surface area (Å²) >= 11 is 1.50. The number of thiophene rings is 1. The van der Waals surface area contributed by atoms with E-state index in [0.29, 0.717) is 55.7 Å². The molecule has 5 atom stereocenters. The van der Waals surface area contributed by atoms with Crippen molar-refractivity contribution < 1.29 is 29.3 Å². The first-order valence-electron chi connectivity index (χ1n) is 17.4.